The van der Waals surface area contributed by atoms with Gasteiger partial charge >= 0.3 is 0 Å². The fourth-order valence-electron chi connectivity index (χ4n) is 3.58. The van der Waals surface area contributed by atoms with Gasteiger partial charge in [0.05, 0.1) is 6.04 Å². The van der Waals surface area contributed by atoms with Gasteiger partial charge in [-0.15, -0.1) is 0 Å². The maximum absolute atomic E-state index is 12.5. The molecular formula is C16H24N2OS. The zero-order chi connectivity index (χ0) is 13.8. The molecule has 2 aliphatic heterocycles. The summed E-state index contributed by atoms with van der Waals surface area (Å²) in [5.41, 5.74) is 1.31. The van der Waals surface area contributed by atoms with Crippen LogP contribution in [0.5, 0.6) is 0 Å². The van der Waals surface area contributed by atoms with Crippen molar-refractivity contribution in [2.75, 3.05) is 19.6 Å². The summed E-state index contributed by atoms with van der Waals surface area (Å²) >= 11 is 1.72. The predicted octanol–water partition coefficient (Wildman–Crippen LogP) is 2.47. The Morgan fingerprint density at radius 2 is 2.20 bits per heavy atom. The Bertz CT molecular complexity index is 426. The van der Waals surface area contributed by atoms with Crippen LogP contribution < -0.4 is 5.32 Å². The van der Waals surface area contributed by atoms with E-state index in [1.165, 1.54) is 24.8 Å². The lowest BCUT2D eigenvalue weighted by Crippen LogP contribution is -2.47. The fourth-order valence-corrected chi connectivity index (χ4v) is 4.28. The van der Waals surface area contributed by atoms with E-state index in [9.17, 15) is 4.79 Å². The third-order valence-corrected chi connectivity index (χ3v) is 5.42. The van der Waals surface area contributed by atoms with E-state index in [-0.39, 0.29) is 6.04 Å². The van der Waals surface area contributed by atoms with Crippen LogP contribution in [0.25, 0.3) is 0 Å². The van der Waals surface area contributed by atoms with Crippen molar-refractivity contribution >= 4 is 17.1 Å². The zero-order valence-electron chi connectivity index (χ0n) is 12.0. The average molecular weight is 292 g/mol. The largest absolute Gasteiger partial charge is 0.317 e. The zero-order valence-corrected chi connectivity index (χ0v) is 12.8. The molecule has 0 aromatic carbocycles. The molecule has 4 heteroatoms. The number of piperidine rings is 1. The molecule has 2 aliphatic rings. The lowest BCUT2D eigenvalue weighted by atomic mass is 9.99. The number of likely N-dealkylation sites (tertiary alicyclic amines) is 1. The highest BCUT2D eigenvalue weighted by atomic mass is 32.1. The minimum absolute atomic E-state index is 0.205. The van der Waals surface area contributed by atoms with E-state index >= 15 is 0 Å². The van der Waals surface area contributed by atoms with Gasteiger partial charge < -0.3 is 5.32 Å². The molecule has 3 nitrogen and oxygen atoms in total. The normalized spacial score (nSPS) is 25.1. The summed E-state index contributed by atoms with van der Waals surface area (Å²) in [6.45, 7) is 3.34. The number of hydrogen-bond acceptors (Lipinski definition) is 4. The molecule has 0 amide bonds. The van der Waals surface area contributed by atoms with Gasteiger partial charge in [-0.1, -0.05) is 0 Å². The molecule has 1 atom stereocenters. The number of rotatable bonds is 5. The first-order valence-corrected chi connectivity index (χ1v) is 8.79. The molecule has 0 spiro atoms. The highest BCUT2D eigenvalue weighted by Crippen LogP contribution is 2.26. The van der Waals surface area contributed by atoms with Crippen LogP contribution in [-0.2, 0) is 11.2 Å². The summed E-state index contributed by atoms with van der Waals surface area (Å²) in [5, 5.41) is 7.67. The highest BCUT2D eigenvalue weighted by Gasteiger charge is 2.35. The summed E-state index contributed by atoms with van der Waals surface area (Å²) < 4.78 is 0. The minimum atomic E-state index is 0.205. The van der Waals surface area contributed by atoms with Crippen molar-refractivity contribution in [3.8, 4) is 0 Å². The summed E-state index contributed by atoms with van der Waals surface area (Å²) in [5.74, 6) is 0.465. The van der Waals surface area contributed by atoms with E-state index in [1.807, 2.05) is 0 Å². The Morgan fingerprint density at radius 3 is 2.95 bits per heavy atom. The number of hydrogen-bond donors (Lipinski definition) is 1. The minimum Gasteiger partial charge on any atom is -0.317 e. The van der Waals surface area contributed by atoms with Gasteiger partial charge in [0.2, 0.25) is 0 Å². The van der Waals surface area contributed by atoms with E-state index < -0.39 is 0 Å². The lowest BCUT2D eigenvalue weighted by molar-refractivity contribution is -0.124. The molecule has 2 fully saturated rings. The summed E-state index contributed by atoms with van der Waals surface area (Å²) in [4.78, 5) is 15.1. The number of thiophene rings is 1. The monoisotopic (exact) mass is 292 g/mol. The SMILES string of the molecule is O=C(CCc1ccsc1)C1CCCN1C1CCNCC1. The van der Waals surface area contributed by atoms with Gasteiger partial charge in [0, 0.05) is 12.5 Å². The Labute approximate surface area is 125 Å². The number of carbonyl (C=O) groups excluding carboxylic acids is 1. The lowest BCUT2D eigenvalue weighted by Gasteiger charge is -2.35. The van der Waals surface area contributed by atoms with Crippen molar-refractivity contribution in [2.45, 2.75) is 50.6 Å². The van der Waals surface area contributed by atoms with Crippen LogP contribution in [0, 0.1) is 0 Å². The van der Waals surface area contributed by atoms with Gasteiger partial charge in [-0.25, -0.2) is 0 Å². The quantitative estimate of drug-likeness (QED) is 0.905. The summed E-state index contributed by atoms with van der Waals surface area (Å²) in [7, 11) is 0. The molecule has 3 rings (SSSR count). The topological polar surface area (TPSA) is 32.3 Å². The van der Waals surface area contributed by atoms with Crippen LogP contribution in [0.3, 0.4) is 0 Å². The van der Waals surface area contributed by atoms with Crippen molar-refractivity contribution in [3.63, 3.8) is 0 Å². The summed E-state index contributed by atoms with van der Waals surface area (Å²) in [6, 6.07) is 2.97. The third kappa shape index (κ3) is 3.30. The van der Waals surface area contributed by atoms with E-state index in [0.29, 0.717) is 18.2 Å². The van der Waals surface area contributed by atoms with Crippen LogP contribution in [0.15, 0.2) is 16.8 Å². The smallest absolute Gasteiger partial charge is 0.150 e. The fraction of sp³-hybridized carbons (Fsp3) is 0.688. The number of aryl methyl sites for hydroxylation is 1. The van der Waals surface area contributed by atoms with Gasteiger partial charge in [-0.05, 0) is 74.1 Å². The van der Waals surface area contributed by atoms with E-state index in [0.717, 1.165) is 32.5 Å². The highest BCUT2D eigenvalue weighted by molar-refractivity contribution is 7.07. The van der Waals surface area contributed by atoms with Crippen molar-refractivity contribution < 1.29 is 4.79 Å². The van der Waals surface area contributed by atoms with Gasteiger partial charge in [0.15, 0.2) is 0 Å². The molecule has 1 aromatic heterocycles. The van der Waals surface area contributed by atoms with Crippen LogP contribution in [-0.4, -0.2) is 42.4 Å². The number of ketones is 1. The third-order valence-electron chi connectivity index (χ3n) is 4.68. The molecule has 2 saturated heterocycles. The molecule has 0 bridgehead atoms. The molecule has 1 N–H and O–H groups in total. The second-order valence-electron chi connectivity index (χ2n) is 5.97. The van der Waals surface area contributed by atoms with Crippen molar-refractivity contribution in [1.82, 2.24) is 10.2 Å². The van der Waals surface area contributed by atoms with Crippen LogP contribution in [0.4, 0.5) is 0 Å². The van der Waals surface area contributed by atoms with E-state index in [2.05, 4.69) is 27.0 Å². The van der Waals surface area contributed by atoms with Crippen LogP contribution in [0.2, 0.25) is 0 Å². The average Bonchev–Trinajstić information content (AvgIpc) is 3.17. The molecular weight excluding hydrogens is 268 g/mol. The van der Waals surface area contributed by atoms with Crippen molar-refractivity contribution in [3.05, 3.63) is 22.4 Å². The van der Waals surface area contributed by atoms with Crippen molar-refractivity contribution in [2.24, 2.45) is 0 Å². The number of Topliss-reactive ketones (excluding diaryl/α,β-unsaturated/α-hetero) is 1. The van der Waals surface area contributed by atoms with Crippen molar-refractivity contribution in [1.29, 1.82) is 0 Å². The number of nitrogens with zero attached hydrogens (tertiary/aromatic N) is 1. The second-order valence-corrected chi connectivity index (χ2v) is 6.75. The molecule has 20 heavy (non-hydrogen) atoms. The molecule has 0 radical (unpaired) electrons. The van der Waals surface area contributed by atoms with Gasteiger partial charge in [-0.2, -0.15) is 11.3 Å². The number of nitrogens with one attached hydrogen (secondary N) is 1. The van der Waals surface area contributed by atoms with Gasteiger partial charge in [0.1, 0.15) is 5.78 Å². The van der Waals surface area contributed by atoms with Crippen LogP contribution >= 0.6 is 11.3 Å². The van der Waals surface area contributed by atoms with Gasteiger partial charge in [-0.3, -0.25) is 9.69 Å². The van der Waals surface area contributed by atoms with Gasteiger partial charge in [0.25, 0.3) is 0 Å². The first kappa shape index (κ1) is 14.2. The molecule has 3 heterocycles. The van der Waals surface area contributed by atoms with E-state index in [1.54, 1.807) is 11.3 Å². The number of carbonyl (C=O) groups is 1. The second kappa shape index (κ2) is 6.83. The molecule has 0 saturated carbocycles. The Kier molecular flexibility index (Phi) is 4.86. The maximum atomic E-state index is 12.5. The molecule has 1 unspecified atom stereocenters. The Morgan fingerprint density at radius 1 is 1.35 bits per heavy atom. The standard InChI is InChI=1S/C16H24N2OS/c19-16(4-3-13-7-11-20-12-13)15-2-1-10-18(15)14-5-8-17-9-6-14/h7,11-12,14-15,17H,1-6,8-10H2. The molecule has 0 aliphatic carbocycles. The molecule has 110 valence electrons. The van der Waals surface area contributed by atoms with E-state index in [4.69, 9.17) is 0 Å². The van der Waals surface area contributed by atoms with Crippen LogP contribution in [0.1, 0.15) is 37.7 Å². The molecule has 1 aromatic rings. The Balaban J connectivity index is 1.55. The Hall–Kier alpha value is -0.710. The summed E-state index contributed by atoms with van der Waals surface area (Å²) in [6.07, 6.45) is 6.30. The predicted molar refractivity (Wildman–Crippen MR) is 83.3 cm³/mol. The first-order valence-electron chi connectivity index (χ1n) is 7.85. The first-order chi connectivity index (χ1) is 9.84. The maximum Gasteiger partial charge on any atom is 0.150 e.